The number of nitro groups is 1. The highest BCUT2D eigenvalue weighted by Gasteiger charge is 2.42. The van der Waals surface area contributed by atoms with Gasteiger partial charge in [0.15, 0.2) is 5.11 Å². The van der Waals surface area contributed by atoms with Crippen LogP contribution in [0.2, 0.25) is 0 Å². The molecule has 6 rings (SSSR count). The van der Waals surface area contributed by atoms with E-state index in [1.807, 2.05) is 59.5 Å². The van der Waals surface area contributed by atoms with E-state index in [1.165, 1.54) is 36.0 Å². The Morgan fingerprint density at radius 1 is 0.925 bits per heavy atom. The van der Waals surface area contributed by atoms with Crippen LogP contribution >= 0.6 is 24.0 Å². The summed E-state index contributed by atoms with van der Waals surface area (Å²) in [5.74, 6) is 1.01. The van der Waals surface area contributed by atoms with Crippen LogP contribution in [0, 0.1) is 15.9 Å². The summed E-state index contributed by atoms with van der Waals surface area (Å²) in [7, 11) is 0. The molecule has 1 aliphatic heterocycles. The van der Waals surface area contributed by atoms with E-state index in [-0.39, 0.29) is 23.6 Å². The summed E-state index contributed by atoms with van der Waals surface area (Å²) in [4.78, 5) is 19.0. The van der Waals surface area contributed by atoms with Crippen molar-refractivity contribution in [2.45, 2.75) is 21.9 Å². The maximum absolute atomic E-state index is 13.5. The van der Waals surface area contributed by atoms with Gasteiger partial charge in [-0.05, 0) is 97.1 Å². The summed E-state index contributed by atoms with van der Waals surface area (Å²) in [5.41, 5.74) is 2.52. The maximum Gasteiger partial charge on any atom is 0.269 e. The minimum atomic E-state index is -0.410. The molecule has 2 aromatic heterocycles. The highest BCUT2D eigenvalue weighted by molar-refractivity contribution is 7.99. The third-order valence-corrected chi connectivity index (χ3v) is 7.87. The molecule has 10 heteroatoms. The topological polar surface area (TPSA) is 84.4 Å². The summed E-state index contributed by atoms with van der Waals surface area (Å²) < 4.78 is 19.8. The van der Waals surface area contributed by atoms with Gasteiger partial charge < -0.3 is 14.6 Å². The van der Waals surface area contributed by atoms with Gasteiger partial charge in [-0.3, -0.25) is 15.1 Å². The highest BCUT2D eigenvalue weighted by atomic mass is 32.2. The quantitative estimate of drug-likeness (QED) is 0.121. The molecule has 1 N–H and O–H groups in total. The fourth-order valence-electron chi connectivity index (χ4n) is 4.65. The van der Waals surface area contributed by atoms with Gasteiger partial charge in [0, 0.05) is 39.4 Å². The Labute approximate surface area is 238 Å². The van der Waals surface area contributed by atoms with Crippen molar-refractivity contribution in [1.29, 1.82) is 0 Å². The number of hydrogen-bond donors (Lipinski definition) is 1. The highest BCUT2D eigenvalue weighted by Crippen LogP contribution is 2.43. The monoisotopic (exact) mass is 568 g/mol. The Morgan fingerprint density at radius 2 is 1.62 bits per heavy atom. The Bertz CT molecular complexity index is 1660. The molecule has 40 heavy (non-hydrogen) atoms. The van der Waals surface area contributed by atoms with E-state index >= 15 is 0 Å². The number of halogens is 1. The van der Waals surface area contributed by atoms with Crippen molar-refractivity contribution in [3.05, 3.63) is 137 Å². The molecule has 7 nitrogen and oxygen atoms in total. The van der Waals surface area contributed by atoms with E-state index in [0.717, 1.165) is 26.7 Å². The summed E-state index contributed by atoms with van der Waals surface area (Å²) in [6.07, 6.45) is 1.75. The largest absolute Gasteiger partial charge is 0.459 e. The van der Waals surface area contributed by atoms with Gasteiger partial charge in [-0.1, -0.05) is 17.8 Å². The van der Waals surface area contributed by atoms with Gasteiger partial charge in [-0.15, -0.1) is 0 Å². The van der Waals surface area contributed by atoms with Crippen LogP contribution in [-0.2, 0) is 0 Å². The van der Waals surface area contributed by atoms with Crippen LogP contribution in [0.25, 0.3) is 11.3 Å². The normalized spacial score (nSPS) is 16.6. The molecule has 1 saturated heterocycles. The van der Waals surface area contributed by atoms with Crippen molar-refractivity contribution in [3.63, 3.8) is 0 Å². The number of nitrogens with zero attached hydrogens (tertiary/aromatic N) is 3. The Balaban J connectivity index is 1.31. The first-order valence-corrected chi connectivity index (χ1v) is 13.6. The summed E-state index contributed by atoms with van der Waals surface area (Å²) >= 11 is 7.32. The predicted octanol–water partition coefficient (Wildman–Crippen LogP) is 7.72. The maximum atomic E-state index is 13.5. The number of nitro benzene ring substituents is 1. The molecule has 5 aromatic rings. The average Bonchev–Trinajstić information content (AvgIpc) is 3.59. The van der Waals surface area contributed by atoms with Crippen LogP contribution in [0.3, 0.4) is 0 Å². The molecule has 0 amide bonds. The molecular weight excluding hydrogens is 547 g/mol. The summed E-state index contributed by atoms with van der Waals surface area (Å²) in [5, 5.41) is 14.9. The molecule has 1 fully saturated rings. The third-order valence-electron chi connectivity index (χ3n) is 6.54. The number of hydrogen-bond acceptors (Lipinski definition) is 6. The average molecular weight is 569 g/mol. The zero-order valence-corrected chi connectivity index (χ0v) is 22.4. The lowest BCUT2D eigenvalue weighted by atomic mass is 10.0. The minimum absolute atomic E-state index is 0.0590. The van der Waals surface area contributed by atoms with Gasteiger partial charge in [0.2, 0.25) is 0 Å². The van der Waals surface area contributed by atoms with E-state index in [9.17, 15) is 14.5 Å². The smallest absolute Gasteiger partial charge is 0.269 e. The van der Waals surface area contributed by atoms with Gasteiger partial charge in [0.1, 0.15) is 23.4 Å². The zero-order valence-electron chi connectivity index (χ0n) is 20.8. The van der Waals surface area contributed by atoms with Crippen LogP contribution < -0.4 is 10.2 Å². The van der Waals surface area contributed by atoms with Crippen molar-refractivity contribution in [2.24, 2.45) is 0 Å². The summed E-state index contributed by atoms with van der Waals surface area (Å²) in [6, 6.07) is 29.5. The molecule has 3 aromatic carbocycles. The van der Waals surface area contributed by atoms with Crippen LogP contribution in [0.5, 0.6) is 0 Å². The number of anilines is 1. The van der Waals surface area contributed by atoms with E-state index in [0.29, 0.717) is 16.6 Å². The van der Waals surface area contributed by atoms with E-state index in [2.05, 4.69) is 10.3 Å². The van der Waals surface area contributed by atoms with Crippen LogP contribution in [-0.4, -0.2) is 15.0 Å². The number of non-ortho nitro benzene ring substituents is 1. The van der Waals surface area contributed by atoms with Crippen LogP contribution in [0.1, 0.15) is 23.5 Å². The third kappa shape index (κ3) is 5.18. The number of furan rings is 1. The second-order valence-electron chi connectivity index (χ2n) is 9.05. The van der Waals surface area contributed by atoms with Crippen molar-refractivity contribution < 1.29 is 13.7 Å². The molecule has 198 valence electrons. The minimum Gasteiger partial charge on any atom is -0.459 e. The SMILES string of the molecule is O=[N+]([O-])c1ccc(Sc2ccc(N3C(=S)N[C@@H](c4ccccn4)[C@H]3c3ccc(-c4ccc(F)cc4)o3)cc2)cc1. The van der Waals surface area contributed by atoms with Crippen LogP contribution in [0.4, 0.5) is 15.8 Å². The zero-order chi connectivity index (χ0) is 27.6. The lowest BCUT2D eigenvalue weighted by Gasteiger charge is -2.26. The Hall–Kier alpha value is -4.54. The first-order valence-electron chi connectivity index (χ1n) is 12.3. The lowest BCUT2D eigenvalue weighted by molar-refractivity contribution is -0.384. The van der Waals surface area contributed by atoms with Gasteiger partial charge in [-0.2, -0.15) is 0 Å². The molecule has 3 heterocycles. The summed E-state index contributed by atoms with van der Waals surface area (Å²) in [6.45, 7) is 0. The Kier molecular flexibility index (Phi) is 7.02. The van der Waals surface area contributed by atoms with E-state index in [4.69, 9.17) is 16.6 Å². The standard InChI is InChI=1S/C30H21FN4O3S2/c31-20-6-4-19(5-7-20)26-16-17-27(38-26)29-28(25-3-1-2-18-32-25)33-30(39)34(29)21-8-12-23(13-9-21)40-24-14-10-22(11-15-24)35(36)37/h1-18,28-29H,(H,33,39)/t28-,29+/m0/s1. The molecule has 0 spiro atoms. The molecule has 2 atom stereocenters. The van der Waals surface area contributed by atoms with Gasteiger partial charge in [0.05, 0.1) is 16.7 Å². The molecular formula is C30H21FN4O3S2. The van der Waals surface area contributed by atoms with Crippen molar-refractivity contribution in [2.75, 3.05) is 4.90 Å². The van der Waals surface area contributed by atoms with E-state index in [1.54, 1.807) is 30.5 Å². The molecule has 1 aliphatic rings. The fraction of sp³-hybridized carbons (Fsp3) is 0.0667. The van der Waals surface area contributed by atoms with Gasteiger partial charge in [0.25, 0.3) is 5.69 Å². The number of aromatic nitrogens is 1. The first-order chi connectivity index (χ1) is 19.5. The molecule has 0 radical (unpaired) electrons. The second-order valence-corrected chi connectivity index (χ2v) is 10.6. The van der Waals surface area contributed by atoms with Crippen molar-refractivity contribution in [1.82, 2.24) is 10.3 Å². The Morgan fingerprint density at radius 3 is 2.27 bits per heavy atom. The van der Waals surface area contributed by atoms with Crippen molar-refractivity contribution in [3.8, 4) is 11.3 Å². The number of thiocarbonyl (C=S) groups is 1. The first kappa shape index (κ1) is 25.7. The molecule has 0 aliphatic carbocycles. The number of pyridine rings is 1. The van der Waals surface area contributed by atoms with Gasteiger partial charge in [-0.25, -0.2) is 4.39 Å². The van der Waals surface area contributed by atoms with E-state index < -0.39 is 4.92 Å². The van der Waals surface area contributed by atoms with Gasteiger partial charge >= 0.3 is 0 Å². The number of nitrogens with one attached hydrogen (secondary N) is 1. The molecule has 0 bridgehead atoms. The fourth-order valence-corrected chi connectivity index (χ4v) is 5.81. The number of rotatable bonds is 7. The second kappa shape index (κ2) is 10.9. The van der Waals surface area contributed by atoms with Crippen LogP contribution in [0.15, 0.2) is 124 Å². The number of benzene rings is 3. The lowest BCUT2D eigenvalue weighted by Crippen LogP contribution is -2.29. The predicted molar refractivity (Wildman–Crippen MR) is 156 cm³/mol. The molecule has 0 unspecified atom stereocenters. The van der Waals surface area contributed by atoms with Crippen molar-refractivity contribution >= 4 is 40.5 Å². The molecule has 0 saturated carbocycles.